The van der Waals surface area contributed by atoms with Gasteiger partial charge in [-0.3, -0.25) is 4.79 Å². The molecule has 0 aliphatic heterocycles. The molecule has 1 aromatic heterocycles. The van der Waals surface area contributed by atoms with Crippen molar-refractivity contribution in [2.75, 3.05) is 0 Å². The van der Waals surface area contributed by atoms with Crippen LogP contribution in [0.2, 0.25) is 0 Å². The van der Waals surface area contributed by atoms with E-state index in [9.17, 15) is 4.79 Å². The van der Waals surface area contributed by atoms with Gasteiger partial charge in [-0.15, -0.1) is 0 Å². The number of pyridine rings is 1. The van der Waals surface area contributed by atoms with Gasteiger partial charge < -0.3 is 4.98 Å². The molecule has 0 fully saturated rings. The van der Waals surface area contributed by atoms with Gasteiger partial charge in [-0.2, -0.15) is 0 Å². The molecule has 54 valence electrons. The van der Waals surface area contributed by atoms with E-state index >= 15 is 0 Å². The highest BCUT2D eigenvalue weighted by Gasteiger charge is 1.93. The summed E-state index contributed by atoms with van der Waals surface area (Å²) in [5.74, 6) is 0. The second-order valence-corrected chi connectivity index (χ2v) is 2.36. The van der Waals surface area contributed by atoms with Crippen molar-refractivity contribution in [3.05, 3.63) is 33.7 Å². The minimum Gasteiger partial charge on any atom is -0.329 e. The molecule has 1 heterocycles. The van der Waals surface area contributed by atoms with Crippen LogP contribution in [0, 0.1) is 6.92 Å². The number of hydrogen-bond acceptors (Lipinski definition) is 1. The Morgan fingerprint density at radius 1 is 1.60 bits per heavy atom. The molecule has 1 aromatic rings. The lowest BCUT2D eigenvalue weighted by atomic mass is 10.1. The first-order valence-electron chi connectivity index (χ1n) is 3.42. The predicted octanol–water partition coefficient (Wildman–Crippen LogP) is 1.25. The Morgan fingerprint density at radius 3 is 2.80 bits per heavy atom. The van der Waals surface area contributed by atoms with Gasteiger partial charge in [0, 0.05) is 12.3 Å². The van der Waals surface area contributed by atoms with E-state index in [-0.39, 0.29) is 5.56 Å². The summed E-state index contributed by atoms with van der Waals surface area (Å²) in [7, 11) is 0. The number of aromatic amines is 1. The monoisotopic (exact) mass is 137 g/mol. The van der Waals surface area contributed by atoms with E-state index < -0.39 is 0 Å². The molecule has 0 atom stereocenters. The lowest BCUT2D eigenvalue weighted by Gasteiger charge is -1.98. The number of rotatable bonds is 1. The number of H-pyrrole nitrogens is 1. The highest BCUT2D eigenvalue weighted by molar-refractivity contribution is 5.20. The van der Waals surface area contributed by atoms with Crippen LogP contribution in [-0.4, -0.2) is 4.98 Å². The first-order chi connectivity index (χ1) is 4.74. The fraction of sp³-hybridized carbons (Fsp3) is 0.375. The maximum Gasteiger partial charge on any atom is 0.248 e. The standard InChI is InChI=1S/C8H11NO/c1-3-7-5-9-8(10)4-6(7)2/h4-5H,3H2,1-2H3,(H,9,10). The van der Waals surface area contributed by atoms with Gasteiger partial charge in [-0.1, -0.05) is 6.92 Å². The van der Waals surface area contributed by atoms with Crippen LogP contribution in [0.3, 0.4) is 0 Å². The zero-order valence-corrected chi connectivity index (χ0v) is 6.27. The quantitative estimate of drug-likeness (QED) is 0.620. The Morgan fingerprint density at radius 2 is 2.30 bits per heavy atom. The number of hydrogen-bond donors (Lipinski definition) is 1. The minimum absolute atomic E-state index is 0.0188. The molecular formula is C8H11NO. The average Bonchev–Trinajstić information content (AvgIpc) is 1.88. The van der Waals surface area contributed by atoms with Gasteiger partial charge in [0.25, 0.3) is 0 Å². The van der Waals surface area contributed by atoms with Gasteiger partial charge in [-0.05, 0) is 24.5 Å². The van der Waals surface area contributed by atoms with Crippen molar-refractivity contribution in [2.24, 2.45) is 0 Å². The normalized spacial score (nSPS) is 9.80. The molecule has 0 bridgehead atoms. The van der Waals surface area contributed by atoms with Gasteiger partial charge in [0.05, 0.1) is 0 Å². The van der Waals surface area contributed by atoms with Crippen LogP contribution < -0.4 is 5.56 Å². The third kappa shape index (κ3) is 1.26. The van der Waals surface area contributed by atoms with Crippen LogP contribution in [0.1, 0.15) is 18.1 Å². The topological polar surface area (TPSA) is 32.9 Å². The second kappa shape index (κ2) is 2.69. The molecule has 0 aliphatic carbocycles. The Kier molecular flexibility index (Phi) is 1.90. The Balaban J connectivity index is 3.19. The summed E-state index contributed by atoms with van der Waals surface area (Å²) in [6, 6.07) is 1.62. The number of nitrogens with one attached hydrogen (secondary N) is 1. The van der Waals surface area contributed by atoms with Crippen LogP contribution >= 0.6 is 0 Å². The summed E-state index contributed by atoms with van der Waals surface area (Å²) in [5.41, 5.74) is 2.26. The van der Waals surface area contributed by atoms with E-state index in [1.54, 1.807) is 12.3 Å². The lowest BCUT2D eigenvalue weighted by Crippen LogP contribution is -2.05. The fourth-order valence-corrected chi connectivity index (χ4v) is 0.984. The summed E-state index contributed by atoms with van der Waals surface area (Å²) >= 11 is 0. The summed E-state index contributed by atoms with van der Waals surface area (Å²) < 4.78 is 0. The van der Waals surface area contributed by atoms with Crippen molar-refractivity contribution in [3.63, 3.8) is 0 Å². The summed E-state index contributed by atoms with van der Waals surface area (Å²) in [4.78, 5) is 13.3. The molecule has 2 nitrogen and oxygen atoms in total. The predicted molar refractivity (Wildman–Crippen MR) is 41.2 cm³/mol. The molecule has 10 heavy (non-hydrogen) atoms. The molecule has 0 aromatic carbocycles. The Hall–Kier alpha value is -1.05. The number of aromatic nitrogens is 1. The molecule has 0 aliphatic rings. The molecule has 0 unspecified atom stereocenters. The van der Waals surface area contributed by atoms with E-state index in [0.29, 0.717) is 0 Å². The van der Waals surface area contributed by atoms with Crippen LogP contribution in [0.15, 0.2) is 17.1 Å². The summed E-state index contributed by atoms with van der Waals surface area (Å²) in [6.45, 7) is 4.02. The molecule has 2 heteroatoms. The average molecular weight is 137 g/mol. The zero-order chi connectivity index (χ0) is 7.56. The minimum atomic E-state index is -0.0188. The van der Waals surface area contributed by atoms with Crippen molar-refractivity contribution in [2.45, 2.75) is 20.3 Å². The van der Waals surface area contributed by atoms with Crippen molar-refractivity contribution in [1.82, 2.24) is 4.98 Å². The van der Waals surface area contributed by atoms with Gasteiger partial charge in [0.15, 0.2) is 0 Å². The van der Waals surface area contributed by atoms with E-state index in [1.165, 1.54) is 5.56 Å². The molecule has 1 N–H and O–H groups in total. The molecule has 1 rings (SSSR count). The van der Waals surface area contributed by atoms with Crippen LogP contribution in [0.4, 0.5) is 0 Å². The summed E-state index contributed by atoms with van der Waals surface area (Å²) in [6.07, 6.45) is 2.75. The van der Waals surface area contributed by atoms with Crippen LogP contribution in [-0.2, 0) is 6.42 Å². The maximum atomic E-state index is 10.7. The largest absolute Gasteiger partial charge is 0.329 e. The van der Waals surface area contributed by atoms with Crippen LogP contribution in [0.5, 0.6) is 0 Å². The van der Waals surface area contributed by atoms with Gasteiger partial charge in [-0.25, -0.2) is 0 Å². The molecule has 0 saturated carbocycles. The number of aryl methyl sites for hydroxylation is 2. The summed E-state index contributed by atoms with van der Waals surface area (Å²) in [5, 5.41) is 0. The highest BCUT2D eigenvalue weighted by Crippen LogP contribution is 2.01. The molecular weight excluding hydrogens is 126 g/mol. The fourth-order valence-electron chi connectivity index (χ4n) is 0.984. The third-order valence-corrected chi connectivity index (χ3v) is 1.62. The molecule has 0 amide bonds. The van der Waals surface area contributed by atoms with Gasteiger partial charge in [0.2, 0.25) is 5.56 Å². The van der Waals surface area contributed by atoms with Gasteiger partial charge >= 0.3 is 0 Å². The lowest BCUT2D eigenvalue weighted by molar-refractivity contribution is 1.05. The molecule has 0 radical (unpaired) electrons. The molecule has 0 spiro atoms. The second-order valence-electron chi connectivity index (χ2n) is 2.36. The van der Waals surface area contributed by atoms with Gasteiger partial charge in [0.1, 0.15) is 0 Å². The van der Waals surface area contributed by atoms with E-state index in [4.69, 9.17) is 0 Å². The van der Waals surface area contributed by atoms with Crippen molar-refractivity contribution in [1.29, 1.82) is 0 Å². The molecule has 0 saturated heterocycles. The Bertz CT molecular complexity index is 275. The van der Waals surface area contributed by atoms with E-state index in [0.717, 1.165) is 12.0 Å². The SMILES string of the molecule is CCc1c[nH]c(=O)cc1C. The smallest absolute Gasteiger partial charge is 0.248 e. The van der Waals surface area contributed by atoms with E-state index in [1.807, 2.05) is 6.92 Å². The van der Waals surface area contributed by atoms with E-state index in [2.05, 4.69) is 11.9 Å². The van der Waals surface area contributed by atoms with Crippen molar-refractivity contribution >= 4 is 0 Å². The Labute approximate surface area is 59.9 Å². The third-order valence-electron chi connectivity index (χ3n) is 1.62. The van der Waals surface area contributed by atoms with Crippen molar-refractivity contribution < 1.29 is 0 Å². The highest BCUT2D eigenvalue weighted by atomic mass is 16.1. The van der Waals surface area contributed by atoms with Crippen molar-refractivity contribution in [3.8, 4) is 0 Å². The first kappa shape index (κ1) is 7.06. The first-order valence-corrected chi connectivity index (χ1v) is 3.42. The maximum absolute atomic E-state index is 10.7. The van der Waals surface area contributed by atoms with Crippen LogP contribution in [0.25, 0.3) is 0 Å². The zero-order valence-electron chi connectivity index (χ0n) is 6.27.